The van der Waals surface area contributed by atoms with Gasteiger partial charge in [-0.2, -0.15) is 0 Å². The van der Waals surface area contributed by atoms with Crippen molar-refractivity contribution in [2.75, 3.05) is 20.2 Å². The van der Waals surface area contributed by atoms with E-state index in [1.54, 1.807) is 7.11 Å². The first-order valence-electron chi connectivity index (χ1n) is 5.88. The monoisotopic (exact) mass is 222 g/mol. The van der Waals surface area contributed by atoms with Gasteiger partial charge < -0.3 is 15.8 Å². The van der Waals surface area contributed by atoms with Crippen molar-refractivity contribution in [3.05, 3.63) is 29.3 Å². The Bertz CT molecular complexity index is 313. The van der Waals surface area contributed by atoms with Gasteiger partial charge in [-0.1, -0.05) is 19.1 Å². The first-order chi connectivity index (χ1) is 7.81. The lowest BCUT2D eigenvalue weighted by atomic mass is 10.1. The third kappa shape index (κ3) is 3.83. The van der Waals surface area contributed by atoms with E-state index >= 15 is 0 Å². The first kappa shape index (κ1) is 13.0. The number of aryl methyl sites for hydroxylation is 1. The first-order valence-corrected chi connectivity index (χ1v) is 5.88. The van der Waals surface area contributed by atoms with Gasteiger partial charge in [-0.05, 0) is 43.1 Å². The number of rotatable bonds is 7. The van der Waals surface area contributed by atoms with Crippen molar-refractivity contribution in [1.29, 1.82) is 0 Å². The molecule has 0 fully saturated rings. The van der Waals surface area contributed by atoms with E-state index in [2.05, 4.69) is 24.4 Å². The molecule has 1 aromatic rings. The standard InChI is InChI=1S/C13H22N2O/c1-3-12-9-11(5-6-13(12)16-2)10-15-8-4-7-14/h5-6,9,15H,3-4,7-8,10,14H2,1-2H3. The fourth-order valence-corrected chi connectivity index (χ4v) is 1.68. The van der Waals surface area contributed by atoms with Crippen LogP contribution in [0, 0.1) is 0 Å². The maximum absolute atomic E-state index is 5.43. The Morgan fingerprint density at radius 2 is 2.19 bits per heavy atom. The molecular weight excluding hydrogens is 200 g/mol. The van der Waals surface area contributed by atoms with Gasteiger partial charge in [0.2, 0.25) is 0 Å². The van der Waals surface area contributed by atoms with E-state index in [1.165, 1.54) is 11.1 Å². The smallest absolute Gasteiger partial charge is 0.122 e. The van der Waals surface area contributed by atoms with E-state index in [4.69, 9.17) is 10.5 Å². The van der Waals surface area contributed by atoms with Crippen molar-refractivity contribution in [2.45, 2.75) is 26.3 Å². The SMILES string of the molecule is CCc1cc(CNCCCN)ccc1OC. The molecule has 90 valence electrons. The van der Waals surface area contributed by atoms with E-state index in [1.807, 2.05) is 6.07 Å². The van der Waals surface area contributed by atoms with Gasteiger partial charge in [-0.25, -0.2) is 0 Å². The van der Waals surface area contributed by atoms with E-state index in [0.29, 0.717) is 0 Å². The summed E-state index contributed by atoms with van der Waals surface area (Å²) in [5.74, 6) is 0.980. The molecule has 0 aliphatic heterocycles. The van der Waals surface area contributed by atoms with E-state index in [9.17, 15) is 0 Å². The highest BCUT2D eigenvalue weighted by molar-refractivity contribution is 5.37. The van der Waals surface area contributed by atoms with Gasteiger partial charge in [0.25, 0.3) is 0 Å². The van der Waals surface area contributed by atoms with Gasteiger partial charge in [0.05, 0.1) is 7.11 Å². The van der Waals surface area contributed by atoms with E-state index in [-0.39, 0.29) is 0 Å². The van der Waals surface area contributed by atoms with Crippen molar-refractivity contribution in [3.63, 3.8) is 0 Å². The number of hydrogen-bond acceptors (Lipinski definition) is 3. The molecule has 1 aromatic carbocycles. The fraction of sp³-hybridized carbons (Fsp3) is 0.538. The summed E-state index contributed by atoms with van der Waals surface area (Å²) in [4.78, 5) is 0. The second-order valence-corrected chi connectivity index (χ2v) is 3.82. The average Bonchev–Trinajstić information content (AvgIpc) is 2.34. The van der Waals surface area contributed by atoms with Crippen LogP contribution in [0.3, 0.4) is 0 Å². The Balaban J connectivity index is 2.54. The van der Waals surface area contributed by atoms with Crippen molar-refractivity contribution in [1.82, 2.24) is 5.32 Å². The summed E-state index contributed by atoms with van der Waals surface area (Å²) in [6.07, 6.45) is 2.02. The highest BCUT2D eigenvalue weighted by Gasteiger charge is 2.01. The zero-order valence-corrected chi connectivity index (χ0v) is 10.3. The van der Waals surface area contributed by atoms with Crippen LogP contribution < -0.4 is 15.8 Å². The third-order valence-corrected chi connectivity index (χ3v) is 2.61. The Morgan fingerprint density at radius 3 is 2.81 bits per heavy atom. The molecule has 0 aromatic heterocycles. The summed E-state index contributed by atoms with van der Waals surface area (Å²) in [5.41, 5.74) is 8.00. The number of hydrogen-bond donors (Lipinski definition) is 2. The molecule has 1 rings (SSSR count). The molecule has 0 unspecified atom stereocenters. The Kier molecular flexibility index (Phi) is 5.90. The van der Waals surface area contributed by atoms with Crippen LogP contribution in [-0.4, -0.2) is 20.2 Å². The van der Waals surface area contributed by atoms with E-state index < -0.39 is 0 Å². The number of nitrogens with two attached hydrogens (primary N) is 1. The molecule has 3 heteroatoms. The van der Waals surface area contributed by atoms with Crippen LogP contribution in [0.15, 0.2) is 18.2 Å². The maximum atomic E-state index is 5.43. The molecule has 0 bridgehead atoms. The van der Waals surface area contributed by atoms with Gasteiger partial charge in [0, 0.05) is 6.54 Å². The molecule has 0 atom stereocenters. The number of methoxy groups -OCH3 is 1. The predicted octanol–water partition coefficient (Wildman–Crippen LogP) is 1.70. The third-order valence-electron chi connectivity index (χ3n) is 2.61. The van der Waals surface area contributed by atoms with Crippen molar-refractivity contribution >= 4 is 0 Å². The zero-order chi connectivity index (χ0) is 11.8. The molecule has 16 heavy (non-hydrogen) atoms. The molecule has 0 aliphatic carbocycles. The van der Waals surface area contributed by atoms with Gasteiger partial charge in [-0.15, -0.1) is 0 Å². The normalized spacial score (nSPS) is 10.4. The van der Waals surface area contributed by atoms with E-state index in [0.717, 1.165) is 38.2 Å². The second-order valence-electron chi connectivity index (χ2n) is 3.82. The fourth-order valence-electron chi connectivity index (χ4n) is 1.68. The molecular formula is C13H22N2O. The molecule has 0 amide bonds. The lowest BCUT2D eigenvalue weighted by Crippen LogP contribution is -2.17. The van der Waals surface area contributed by atoms with Crippen LogP contribution in [0.1, 0.15) is 24.5 Å². The summed E-state index contributed by atoms with van der Waals surface area (Å²) in [5, 5.41) is 3.37. The molecule has 0 aliphatic rings. The lowest BCUT2D eigenvalue weighted by molar-refractivity contribution is 0.410. The second kappa shape index (κ2) is 7.25. The minimum Gasteiger partial charge on any atom is -0.496 e. The number of nitrogens with one attached hydrogen (secondary N) is 1. The zero-order valence-electron chi connectivity index (χ0n) is 10.3. The highest BCUT2D eigenvalue weighted by atomic mass is 16.5. The largest absolute Gasteiger partial charge is 0.496 e. The molecule has 0 heterocycles. The minimum absolute atomic E-state index is 0.746. The Hall–Kier alpha value is -1.06. The summed E-state index contributed by atoms with van der Waals surface area (Å²) in [6.45, 7) is 4.76. The van der Waals surface area contributed by atoms with Gasteiger partial charge in [0.1, 0.15) is 5.75 Å². The predicted molar refractivity (Wildman–Crippen MR) is 67.8 cm³/mol. The highest BCUT2D eigenvalue weighted by Crippen LogP contribution is 2.20. The molecule has 3 N–H and O–H groups in total. The summed E-state index contributed by atoms with van der Waals surface area (Å²) in [6, 6.07) is 6.35. The summed E-state index contributed by atoms with van der Waals surface area (Å²) >= 11 is 0. The van der Waals surface area contributed by atoms with Crippen LogP contribution in [0.2, 0.25) is 0 Å². The van der Waals surface area contributed by atoms with Crippen LogP contribution in [0.25, 0.3) is 0 Å². The lowest BCUT2D eigenvalue weighted by Gasteiger charge is -2.10. The maximum Gasteiger partial charge on any atom is 0.122 e. The number of benzene rings is 1. The van der Waals surface area contributed by atoms with Crippen LogP contribution in [-0.2, 0) is 13.0 Å². The molecule has 0 spiro atoms. The molecule has 0 radical (unpaired) electrons. The van der Waals surface area contributed by atoms with Crippen molar-refractivity contribution in [3.8, 4) is 5.75 Å². The van der Waals surface area contributed by atoms with Crippen LogP contribution >= 0.6 is 0 Å². The Labute approximate surface area is 98.0 Å². The van der Waals surface area contributed by atoms with Crippen molar-refractivity contribution < 1.29 is 4.74 Å². The van der Waals surface area contributed by atoms with Crippen molar-refractivity contribution in [2.24, 2.45) is 5.73 Å². The number of ether oxygens (including phenoxy) is 1. The molecule has 0 saturated heterocycles. The summed E-state index contributed by atoms with van der Waals surface area (Å²) < 4.78 is 5.30. The topological polar surface area (TPSA) is 47.3 Å². The molecule has 0 saturated carbocycles. The quantitative estimate of drug-likeness (QED) is 0.690. The van der Waals surface area contributed by atoms with Gasteiger partial charge >= 0.3 is 0 Å². The van der Waals surface area contributed by atoms with Crippen LogP contribution in [0.5, 0.6) is 5.75 Å². The minimum atomic E-state index is 0.746. The Morgan fingerprint density at radius 1 is 1.38 bits per heavy atom. The van der Waals surface area contributed by atoms with Gasteiger partial charge in [0.15, 0.2) is 0 Å². The average molecular weight is 222 g/mol. The van der Waals surface area contributed by atoms with Crippen LogP contribution in [0.4, 0.5) is 0 Å². The summed E-state index contributed by atoms with van der Waals surface area (Å²) in [7, 11) is 1.72. The van der Waals surface area contributed by atoms with Gasteiger partial charge in [-0.3, -0.25) is 0 Å². The molecule has 3 nitrogen and oxygen atoms in total.